The molecule has 7 heteroatoms. The van der Waals surface area contributed by atoms with E-state index >= 15 is 0 Å². The molecule has 6 nitrogen and oxygen atoms in total. The number of thiophene rings is 1. The van der Waals surface area contributed by atoms with Crippen molar-refractivity contribution >= 4 is 45.8 Å². The first kappa shape index (κ1) is 27.0. The molecule has 3 N–H and O–H groups in total. The van der Waals surface area contributed by atoms with E-state index in [0.29, 0.717) is 16.8 Å². The lowest BCUT2D eigenvalue weighted by Crippen LogP contribution is -2.28. The molecule has 2 amide bonds. The zero-order chi connectivity index (χ0) is 28.2. The first-order valence-electron chi connectivity index (χ1n) is 14.3. The van der Waals surface area contributed by atoms with Crippen LogP contribution in [0.4, 0.5) is 11.4 Å². The fourth-order valence-electron chi connectivity index (χ4n) is 5.63. The minimum atomic E-state index is -0.187. The molecule has 0 aliphatic carbocycles. The maximum atomic E-state index is 13.4. The fourth-order valence-corrected chi connectivity index (χ4v) is 6.27. The van der Waals surface area contributed by atoms with E-state index in [4.69, 9.17) is 0 Å². The van der Waals surface area contributed by atoms with Crippen molar-refractivity contribution in [3.63, 3.8) is 0 Å². The Balaban J connectivity index is 1.30. The van der Waals surface area contributed by atoms with E-state index in [2.05, 4.69) is 52.0 Å². The van der Waals surface area contributed by atoms with Crippen molar-refractivity contribution in [3.8, 4) is 0 Å². The van der Waals surface area contributed by atoms with Crippen LogP contribution in [0, 0.1) is 0 Å². The standard InChI is InChI=1S/C34H34N4O2S/c1-2-29(24-8-4-3-5-9-24)36-33(39)25-12-15-30-28(20-25)31(34(40)37-30)32(26-16-19-41-22-26)35-27-13-10-23(11-14-27)21-38-17-6-7-18-38/h3-5,8-16,19-20,22,29,35H,2,6-7,17-18,21H2,1H3,(H,36,39)(H,37,40)/t29-/m1/s1. The van der Waals surface area contributed by atoms with Crippen molar-refractivity contribution in [3.05, 3.63) is 117 Å². The number of carbonyl (C=O) groups is 2. The van der Waals surface area contributed by atoms with E-state index in [1.54, 1.807) is 17.4 Å². The molecule has 0 bridgehead atoms. The van der Waals surface area contributed by atoms with Crippen LogP contribution in [-0.2, 0) is 11.3 Å². The summed E-state index contributed by atoms with van der Waals surface area (Å²) >= 11 is 1.58. The molecule has 41 heavy (non-hydrogen) atoms. The van der Waals surface area contributed by atoms with Crippen molar-refractivity contribution in [1.82, 2.24) is 10.2 Å². The Bertz CT molecular complexity index is 1560. The number of nitrogens with zero attached hydrogens (tertiary/aromatic N) is 1. The molecule has 3 heterocycles. The van der Waals surface area contributed by atoms with Crippen LogP contribution in [0.5, 0.6) is 0 Å². The molecule has 1 atom stereocenters. The fraction of sp³-hybridized carbons (Fsp3) is 0.235. The van der Waals surface area contributed by atoms with Gasteiger partial charge < -0.3 is 16.0 Å². The van der Waals surface area contributed by atoms with Crippen LogP contribution < -0.4 is 16.0 Å². The molecule has 1 saturated heterocycles. The van der Waals surface area contributed by atoms with E-state index in [1.165, 1.54) is 18.4 Å². The van der Waals surface area contributed by atoms with E-state index in [0.717, 1.165) is 54.1 Å². The van der Waals surface area contributed by atoms with Crippen molar-refractivity contribution < 1.29 is 9.59 Å². The summed E-state index contributed by atoms with van der Waals surface area (Å²) in [5, 5.41) is 13.7. The predicted molar refractivity (Wildman–Crippen MR) is 168 cm³/mol. The summed E-state index contributed by atoms with van der Waals surface area (Å²) in [6, 6.07) is 25.8. The van der Waals surface area contributed by atoms with Crippen molar-refractivity contribution in [2.75, 3.05) is 23.7 Å². The third kappa shape index (κ3) is 5.97. The topological polar surface area (TPSA) is 73.5 Å². The second-order valence-electron chi connectivity index (χ2n) is 10.6. The Morgan fingerprint density at radius 3 is 2.46 bits per heavy atom. The first-order chi connectivity index (χ1) is 20.1. The maximum Gasteiger partial charge on any atom is 0.258 e. The molecule has 3 aromatic carbocycles. The largest absolute Gasteiger partial charge is 0.354 e. The molecule has 4 aromatic rings. The third-order valence-electron chi connectivity index (χ3n) is 7.83. The second kappa shape index (κ2) is 12.1. The molecule has 2 aliphatic rings. The maximum absolute atomic E-state index is 13.4. The summed E-state index contributed by atoms with van der Waals surface area (Å²) in [6.45, 7) is 5.34. The van der Waals surface area contributed by atoms with E-state index in [-0.39, 0.29) is 17.9 Å². The van der Waals surface area contributed by atoms with Crippen molar-refractivity contribution in [1.29, 1.82) is 0 Å². The number of likely N-dealkylation sites (tertiary alicyclic amines) is 1. The number of anilines is 2. The second-order valence-corrected chi connectivity index (χ2v) is 11.4. The van der Waals surface area contributed by atoms with Gasteiger partial charge in [0.1, 0.15) is 0 Å². The predicted octanol–water partition coefficient (Wildman–Crippen LogP) is 7.16. The Morgan fingerprint density at radius 1 is 0.976 bits per heavy atom. The van der Waals surface area contributed by atoms with Gasteiger partial charge in [-0.15, -0.1) is 0 Å². The molecule has 1 aromatic heterocycles. The molecular formula is C34H34N4O2S. The van der Waals surface area contributed by atoms with Crippen LogP contribution in [0.1, 0.15) is 64.8 Å². The van der Waals surface area contributed by atoms with Gasteiger partial charge in [0, 0.05) is 40.0 Å². The highest BCUT2D eigenvalue weighted by atomic mass is 32.1. The van der Waals surface area contributed by atoms with Crippen LogP contribution >= 0.6 is 11.3 Å². The summed E-state index contributed by atoms with van der Waals surface area (Å²) in [4.78, 5) is 29.2. The molecule has 0 unspecified atom stereocenters. The average molecular weight is 563 g/mol. The van der Waals surface area contributed by atoms with Gasteiger partial charge in [-0.05, 0) is 85.3 Å². The van der Waals surface area contributed by atoms with Gasteiger partial charge in [-0.1, -0.05) is 49.4 Å². The summed E-state index contributed by atoms with van der Waals surface area (Å²) in [7, 11) is 0. The number of nitrogens with one attached hydrogen (secondary N) is 3. The summed E-state index contributed by atoms with van der Waals surface area (Å²) < 4.78 is 0. The van der Waals surface area contributed by atoms with Gasteiger partial charge in [0.15, 0.2) is 0 Å². The van der Waals surface area contributed by atoms with Crippen LogP contribution in [0.25, 0.3) is 11.3 Å². The van der Waals surface area contributed by atoms with Crippen LogP contribution in [0.3, 0.4) is 0 Å². The summed E-state index contributed by atoms with van der Waals surface area (Å²) in [5.41, 5.74) is 7.38. The molecule has 1 fully saturated rings. The monoisotopic (exact) mass is 562 g/mol. The molecule has 6 rings (SSSR count). The molecule has 0 saturated carbocycles. The first-order valence-corrected chi connectivity index (χ1v) is 15.2. The number of hydrogen-bond acceptors (Lipinski definition) is 5. The lowest BCUT2D eigenvalue weighted by atomic mass is 9.98. The highest BCUT2D eigenvalue weighted by molar-refractivity contribution is 7.08. The van der Waals surface area contributed by atoms with Gasteiger partial charge in [0.2, 0.25) is 0 Å². The van der Waals surface area contributed by atoms with Crippen molar-refractivity contribution in [2.24, 2.45) is 0 Å². The van der Waals surface area contributed by atoms with Gasteiger partial charge in [-0.3, -0.25) is 14.5 Å². The molecule has 208 valence electrons. The van der Waals surface area contributed by atoms with Gasteiger partial charge in [-0.25, -0.2) is 0 Å². The number of carbonyl (C=O) groups excluding carboxylic acids is 2. The lowest BCUT2D eigenvalue weighted by molar-refractivity contribution is -0.110. The van der Waals surface area contributed by atoms with E-state index in [9.17, 15) is 9.59 Å². The number of rotatable bonds is 9. The number of hydrogen-bond donors (Lipinski definition) is 3. The zero-order valence-electron chi connectivity index (χ0n) is 23.2. The Labute approximate surface area is 245 Å². The Hall–Kier alpha value is -4.20. The average Bonchev–Trinajstić information content (AvgIpc) is 3.78. The molecule has 2 aliphatic heterocycles. The smallest absolute Gasteiger partial charge is 0.258 e. The Kier molecular flexibility index (Phi) is 7.98. The van der Waals surface area contributed by atoms with Gasteiger partial charge >= 0.3 is 0 Å². The SMILES string of the molecule is CC[C@@H](NC(=O)c1ccc2c(c1)C(=C(Nc1ccc(CN3CCCC3)cc1)c1ccsc1)C(=O)N2)c1ccccc1. The molecular weight excluding hydrogens is 528 g/mol. The van der Waals surface area contributed by atoms with E-state index < -0.39 is 0 Å². The van der Waals surface area contributed by atoms with E-state index in [1.807, 2.05) is 59.3 Å². The van der Waals surface area contributed by atoms with Crippen LogP contribution in [0.15, 0.2) is 89.6 Å². The zero-order valence-corrected chi connectivity index (χ0v) is 24.0. The molecule has 0 spiro atoms. The van der Waals surface area contributed by atoms with Gasteiger partial charge in [0.05, 0.1) is 17.3 Å². The Morgan fingerprint density at radius 2 is 1.76 bits per heavy atom. The minimum absolute atomic E-state index is 0.0943. The van der Waals surface area contributed by atoms with Gasteiger partial charge in [-0.2, -0.15) is 11.3 Å². The summed E-state index contributed by atoms with van der Waals surface area (Å²) in [5.74, 6) is -0.353. The normalized spacial score (nSPS) is 16.7. The van der Waals surface area contributed by atoms with Crippen LogP contribution in [0.2, 0.25) is 0 Å². The quantitative estimate of drug-likeness (QED) is 0.189. The number of benzene rings is 3. The highest BCUT2D eigenvalue weighted by Crippen LogP contribution is 2.38. The number of fused-ring (bicyclic) bond motifs is 1. The molecule has 0 radical (unpaired) electrons. The third-order valence-corrected chi connectivity index (χ3v) is 8.51. The van der Waals surface area contributed by atoms with Crippen LogP contribution in [-0.4, -0.2) is 29.8 Å². The minimum Gasteiger partial charge on any atom is -0.354 e. The van der Waals surface area contributed by atoms with Gasteiger partial charge in [0.25, 0.3) is 11.8 Å². The summed E-state index contributed by atoms with van der Waals surface area (Å²) in [6.07, 6.45) is 3.32. The highest BCUT2D eigenvalue weighted by Gasteiger charge is 2.30. The lowest BCUT2D eigenvalue weighted by Gasteiger charge is -2.18. The van der Waals surface area contributed by atoms with Crippen molar-refractivity contribution in [2.45, 2.75) is 38.8 Å². The number of amides is 2.